The van der Waals surface area contributed by atoms with Crippen LogP contribution in [0.1, 0.15) is 32.3 Å². The summed E-state index contributed by atoms with van der Waals surface area (Å²) in [6.45, 7) is 4.94. The highest BCUT2D eigenvalue weighted by molar-refractivity contribution is 5.36. The molecule has 0 amide bonds. The van der Waals surface area contributed by atoms with Gasteiger partial charge < -0.3 is 10.1 Å². The van der Waals surface area contributed by atoms with Gasteiger partial charge in [0.15, 0.2) is 0 Å². The molecule has 3 heteroatoms. The number of nitriles is 1. The van der Waals surface area contributed by atoms with Crippen molar-refractivity contribution >= 4 is 0 Å². The van der Waals surface area contributed by atoms with Gasteiger partial charge in [-0.05, 0) is 32.3 Å². The van der Waals surface area contributed by atoms with E-state index in [1.54, 1.807) is 7.11 Å². The van der Waals surface area contributed by atoms with E-state index in [4.69, 9.17) is 4.74 Å². The monoisotopic (exact) mass is 258 g/mol. The molecule has 0 atom stereocenters. The fourth-order valence-electron chi connectivity index (χ4n) is 2.54. The van der Waals surface area contributed by atoms with Crippen LogP contribution < -0.4 is 5.32 Å². The molecule has 102 valence electrons. The van der Waals surface area contributed by atoms with E-state index >= 15 is 0 Å². The molecule has 0 spiro atoms. The number of ether oxygens (including phenoxy) is 1. The van der Waals surface area contributed by atoms with Gasteiger partial charge in [-0.2, -0.15) is 5.26 Å². The molecule has 19 heavy (non-hydrogen) atoms. The van der Waals surface area contributed by atoms with Crippen molar-refractivity contribution in [2.75, 3.05) is 13.7 Å². The smallest absolute Gasteiger partial charge is 0.0852 e. The van der Waals surface area contributed by atoms with Crippen molar-refractivity contribution in [3.8, 4) is 6.07 Å². The Hall–Kier alpha value is -1.37. The summed E-state index contributed by atoms with van der Waals surface area (Å²) in [4.78, 5) is 0. The van der Waals surface area contributed by atoms with E-state index in [2.05, 4.69) is 37.4 Å². The Morgan fingerprint density at radius 1 is 1.37 bits per heavy atom. The van der Waals surface area contributed by atoms with Crippen LogP contribution in [0.4, 0.5) is 0 Å². The van der Waals surface area contributed by atoms with E-state index in [0.29, 0.717) is 6.04 Å². The maximum Gasteiger partial charge on any atom is 0.0852 e. The second kappa shape index (κ2) is 5.32. The molecule has 1 aromatic rings. The van der Waals surface area contributed by atoms with Gasteiger partial charge in [-0.1, -0.05) is 30.3 Å². The summed E-state index contributed by atoms with van der Waals surface area (Å²) in [7, 11) is 1.73. The number of methoxy groups -OCH3 is 1. The quantitative estimate of drug-likeness (QED) is 0.883. The van der Waals surface area contributed by atoms with Crippen LogP contribution in [0.25, 0.3) is 0 Å². The lowest BCUT2D eigenvalue weighted by Crippen LogP contribution is -2.53. The molecule has 1 fully saturated rings. The van der Waals surface area contributed by atoms with Crippen LogP contribution in [0, 0.1) is 11.3 Å². The first-order valence-corrected chi connectivity index (χ1v) is 6.77. The molecule has 1 N–H and O–H groups in total. The maximum absolute atomic E-state index is 9.48. The van der Waals surface area contributed by atoms with Gasteiger partial charge in [0, 0.05) is 19.7 Å². The summed E-state index contributed by atoms with van der Waals surface area (Å²) in [6.07, 6.45) is 1.76. The summed E-state index contributed by atoms with van der Waals surface area (Å²) in [5.74, 6) is 0. The zero-order chi connectivity index (χ0) is 13.9. The van der Waals surface area contributed by atoms with Crippen LogP contribution in [0.3, 0.4) is 0 Å². The Bertz CT molecular complexity index is 455. The zero-order valence-corrected chi connectivity index (χ0v) is 11.9. The molecule has 1 aliphatic rings. The Morgan fingerprint density at radius 3 is 2.53 bits per heavy atom. The van der Waals surface area contributed by atoms with E-state index in [0.717, 1.165) is 24.9 Å². The first-order chi connectivity index (χ1) is 9.01. The standard InChI is InChI=1S/C16H22N2O/c1-15(2,19-3)12-18-14-9-16(10-14,11-17)13-7-5-4-6-8-13/h4-8,14,18H,9-10,12H2,1-3H3. The molecular formula is C16H22N2O. The third kappa shape index (κ3) is 2.97. The van der Waals surface area contributed by atoms with E-state index in [1.807, 2.05) is 18.2 Å². The number of benzene rings is 1. The van der Waals surface area contributed by atoms with Crippen molar-refractivity contribution in [1.29, 1.82) is 5.26 Å². The Labute approximate surface area is 115 Å². The molecule has 3 nitrogen and oxygen atoms in total. The highest BCUT2D eigenvalue weighted by Crippen LogP contribution is 2.43. The number of rotatable bonds is 5. The molecule has 0 saturated heterocycles. The Balaban J connectivity index is 1.92. The fraction of sp³-hybridized carbons (Fsp3) is 0.562. The van der Waals surface area contributed by atoms with Gasteiger partial charge >= 0.3 is 0 Å². The minimum atomic E-state index is -0.295. The van der Waals surface area contributed by atoms with Crippen molar-refractivity contribution in [3.63, 3.8) is 0 Å². The number of hydrogen-bond acceptors (Lipinski definition) is 3. The summed E-state index contributed by atoms with van der Waals surface area (Å²) < 4.78 is 5.39. The van der Waals surface area contributed by atoms with E-state index in [1.165, 1.54) is 0 Å². The molecule has 0 aromatic heterocycles. The largest absolute Gasteiger partial charge is 0.377 e. The predicted octanol–water partition coefficient (Wildman–Crippen LogP) is 2.62. The van der Waals surface area contributed by atoms with Crippen molar-refractivity contribution in [1.82, 2.24) is 5.32 Å². The maximum atomic E-state index is 9.48. The Morgan fingerprint density at radius 2 is 2.00 bits per heavy atom. The van der Waals surface area contributed by atoms with Gasteiger partial charge in [0.25, 0.3) is 0 Å². The van der Waals surface area contributed by atoms with Gasteiger partial charge in [0.2, 0.25) is 0 Å². The van der Waals surface area contributed by atoms with Crippen molar-refractivity contribution < 1.29 is 4.74 Å². The number of nitrogens with zero attached hydrogens (tertiary/aromatic N) is 1. The Kier molecular flexibility index (Phi) is 3.93. The summed E-state index contributed by atoms with van der Waals surface area (Å²) >= 11 is 0. The van der Waals surface area contributed by atoms with Crippen molar-refractivity contribution in [2.24, 2.45) is 0 Å². The average Bonchev–Trinajstić information content (AvgIpc) is 2.39. The van der Waals surface area contributed by atoms with Crippen LogP contribution in [-0.2, 0) is 10.2 Å². The van der Waals surface area contributed by atoms with Crippen LogP contribution in [0.2, 0.25) is 0 Å². The van der Waals surface area contributed by atoms with Crippen molar-refractivity contribution in [3.05, 3.63) is 35.9 Å². The molecule has 1 saturated carbocycles. The number of nitrogens with one attached hydrogen (secondary N) is 1. The molecule has 0 bridgehead atoms. The predicted molar refractivity (Wildman–Crippen MR) is 75.8 cm³/mol. The van der Waals surface area contributed by atoms with Gasteiger partial charge in [0.1, 0.15) is 0 Å². The fourth-order valence-corrected chi connectivity index (χ4v) is 2.54. The molecule has 0 heterocycles. The topological polar surface area (TPSA) is 45.0 Å². The van der Waals surface area contributed by atoms with Crippen LogP contribution >= 0.6 is 0 Å². The third-order valence-corrected chi connectivity index (χ3v) is 4.10. The van der Waals surface area contributed by atoms with E-state index in [9.17, 15) is 5.26 Å². The third-order valence-electron chi connectivity index (χ3n) is 4.10. The second-order valence-electron chi connectivity index (χ2n) is 6.01. The lowest BCUT2D eigenvalue weighted by atomic mass is 9.62. The molecule has 2 rings (SSSR count). The SMILES string of the molecule is COC(C)(C)CNC1CC(C#N)(c2ccccc2)C1. The van der Waals surface area contributed by atoms with E-state index < -0.39 is 0 Å². The molecule has 1 aliphatic carbocycles. The first kappa shape index (κ1) is 14.0. The van der Waals surface area contributed by atoms with E-state index in [-0.39, 0.29) is 11.0 Å². The van der Waals surface area contributed by atoms with Crippen LogP contribution in [-0.4, -0.2) is 25.3 Å². The molecule has 0 radical (unpaired) electrons. The van der Waals surface area contributed by atoms with Crippen LogP contribution in [0.5, 0.6) is 0 Å². The minimum Gasteiger partial charge on any atom is -0.377 e. The van der Waals surface area contributed by atoms with Crippen molar-refractivity contribution in [2.45, 2.75) is 43.7 Å². The lowest BCUT2D eigenvalue weighted by Gasteiger charge is -2.44. The molecule has 0 unspecified atom stereocenters. The van der Waals surface area contributed by atoms with Crippen LogP contribution in [0.15, 0.2) is 30.3 Å². The highest BCUT2D eigenvalue weighted by atomic mass is 16.5. The summed E-state index contributed by atoms with van der Waals surface area (Å²) in [5, 5.41) is 13.0. The summed E-state index contributed by atoms with van der Waals surface area (Å²) in [6, 6.07) is 13.0. The first-order valence-electron chi connectivity index (χ1n) is 6.77. The number of hydrogen-bond donors (Lipinski definition) is 1. The molecule has 1 aromatic carbocycles. The zero-order valence-electron chi connectivity index (χ0n) is 11.9. The highest BCUT2D eigenvalue weighted by Gasteiger charge is 2.46. The van der Waals surface area contributed by atoms with Gasteiger partial charge in [-0.15, -0.1) is 0 Å². The lowest BCUT2D eigenvalue weighted by molar-refractivity contribution is 0.0164. The van der Waals surface area contributed by atoms with Gasteiger partial charge in [-0.3, -0.25) is 0 Å². The summed E-state index contributed by atoms with van der Waals surface area (Å²) in [5.41, 5.74) is 0.690. The average molecular weight is 258 g/mol. The minimum absolute atomic E-state index is 0.155. The van der Waals surface area contributed by atoms with Gasteiger partial charge in [0.05, 0.1) is 17.1 Å². The molecular weight excluding hydrogens is 236 g/mol. The van der Waals surface area contributed by atoms with Gasteiger partial charge in [-0.25, -0.2) is 0 Å². The normalized spacial score (nSPS) is 26.5. The molecule has 0 aliphatic heterocycles. The second-order valence-corrected chi connectivity index (χ2v) is 6.01.